The summed E-state index contributed by atoms with van der Waals surface area (Å²) < 4.78 is 0. The van der Waals surface area contributed by atoms with Crippen LogP contribution in [0.25, 0.3) is 0 Å². The lowest BCUT2D eigenvalue weighted by molar-refractivity contribution is 0.0666. The Morgan fingerprint density at radius 1 is 0.625 bits per heavy atom. The molecular weight excluding hydrogens is 288 g/mol. The van der Waals surface area contributed by atoms with Crippen molar-refractivity contribution in [2.24, 2.45) is 35.0 Å². The molecule has 0 amide bonds. The zero-order valence-electron chi connectivity index (χ0n) is 18.8. The molecule has 0 bridgehead atoms. The molecule has 0 rings (SSSR count). The topological polar surface area (TPSA) is 0 Å². The van der Waals surface area contributed by atoms with Crippen LogP contribution in [0.1, 0.15) is 120 Å². The molecule has 4 atom stereocenters. The third-order valence-electron chi connectivity index (χ3n) is 7.72. The van der Waals surface area contributed by atoms with E-state index < -0.39 is 0 Å². The fraction of sp³-hybridized carbons (Fsp3) is 1.00. The first-order chi connectivity index (χ1) is 11.2. The van der Waals surface area contributed by atoms with Gasteiger partial charge in [-0.1, -0.05) is 107 Å². The van der Waals surface area contributed by atoms with Crippen molar-refractivity contribution in [2.45, 2.75) is 120 Å². The van der Waals surface area contributed by atoms with Gasteiger partial charge in [0.1, 0.15) is 0 Å². The van der Waals surface area contributed by atoms with Crippen LogP contribution < -0.4 is 0 Å². The van der Waals surface area contributed by atoms with Crippen molar-refractivity contribution in [1.82, 2.24) is 0 Å². The van der Waals surface area contributed by atoms with E-state index in [1.54, 1.807) is 0 Å². The van der Waals surface area contributed by atoms with Gasteiger partial charge in [-0.2, -0.15) is 0 Å². The zero-order valence-corrected chi connectivity index (χ0v) is 18.8. The molecule has 0 fully saturated rings. The first-order valence-corrected chi connectivity index (χ1v) is 11.2. The van der Waals surface area contributed by atoms with Crippen LogP contribution in [-0.4, -0.2) is 0 Å². The molecule has 0 aromatic rings. The van der Waals surface area contributed by atoms with Crippen molar-refractivity contribution in [3.05, 3.63) is 0 Å². The Kier molecular flexibility index (Phi) is 12.4. The molecule has 0 spiro atoms. The van der Waals surface area contributed by atoms with Crippen LogP contribution in [0.15, 0.2) is 0 Å². The summed E-state index contributed by atoms with van der Waals surface area (Å²) in [5.74, 6) is 4.38. The predicted octanol–water partition coefficient (Wildman–Crippen LogP) is 8.74. The van der Waals surface area contributed by atoms with Gasteiger partial charge < -0.3 is 0 Å². The van der Waals surface area contributed by atoms with Gasteiger partial charge in [-0.25, -0.2) is 0 Å². The fourth-order valence-corrected chi connectivity index (χ4v) is 4.86. The zero-order chi connectivity index (χ0) is 18.8. The third-order valence-corrected chi connectivity index (χ3v) is 7.72. The van der Waals surface area contributed by atoms with Crippen molar-refractivity contribution in [1.29, 1.82) is 0 Å². The molecule has 0 aromatic heterocycles. The van der Waals surface area contributed by atoms with Crippen molar-refractivity contribution in [2.75, 3.05) is 0 Å². The molecule has 0 aliphatic heterocycles. The van der Waals surface area contributed by atoms with Gasteiger partial charge in [-0.15, -0.1) is 0 Å². The van der Waals surface area contributed by atoms with Crippen LogP contribution in [0.4, 0.5) is 0 Å². The highest BCUT2D eigenvalue weighted by Crippen LogP contribution is 2.46. The highest BCUT2D eigenvalue weighted by atomic mass is 14.4. The third kappa shape index (κ3) is 7.49. The molecular formula is C24H50. The average molecular weight is 339 g/mol. The quantitative estimate of drug-likeness (QED) is 0.297. The monoisotopic (exact) mass is 338 g/mol. The standard InChI is InChI=1S/C24H50/c1-10-22(8)24(11-2,12-3)23(9)18-14-16-20(6)15-13-17-21(7)19(4)5/h19-23H,10-18H2,1-9H3. The fourth-order valence-electron chi connectivity index (χ4n) is 4.86. The number of hydrogen-bond acceptors (Lipinski definition) is 0. The van der Waals surface area contributed by atoms with Crippen molar-refractivity contribution < 1.29 is 0 Å². The maximum atomic E-state index is 2.54. The van der Waals surface area contributed by atoms with Gasteiger partial charge in [0.15, 0.2) is 0 Å². The highest BCUT2D eigenvalue weighted by Gasteiger charge is 2.36. The smallest absolute Gasteiger partial charge is 0.0251 e. The molecule has 0 saturated carbocycles. The van der Waals surface area contributed by atoms with Gasteiger partial charge in [-0.3, -0.25) is 0 Å². The van der Waals surface area contributed by atoms with Crippen LogP contribution in [0.5, 0.6) is 0 Å². The lowest BCUT2D eigenvalue weighted by atomic mass is 9.62. The summed E-state index contributed by atoms with van der Waals surface area (Å²) in [6.45, 7) is 21.9. The van der Waals surface area contributed by atoms with Gasteiger partial charge in [0, 0.05) is 0 Å². The molecule has 0 radical (unpaired) electrons. The van der Waals surface area contributed by atoms with E-state index in [4.69, 9.17) is 0 Å². The molecule has 0 N–H and O–H groups in total. The normalized spacial score (nSPS) is 17.8. The Morgan fingerprint density at radius 3 is 1.54 bits per heavy atom. The van der Waals surface area contributed by atoms with Crippen molar-refractivity contribution in [3.8, 4) is 0 Å². The summed E-state index contributed by atoms with van der Waals surface area (Å²) >= 11 is 0. The molecule has 0 saturated heterocycles. The van der Waals surface area contributed by atoms with Gasteiger partial charge in [-0.05, 0) is 47.8 Å². The van der Waals surface area contributed by atoms with Crippen LogP contribution in [-0.2, 0) is 0 Å². The van der Waals surface area contributed by atoms with Crippen LogP contribution in [0.3, 0.4) is 0 Å². The Bertz CT molecular complexity index is 286. The van der Waals surface area contributed by atoms with E-state index in [1.807, 2.05) is 0 Å². The molecule has 0 nitrogen and oxygen atoms in total. The lowest BCUT2D eigenvalue weighted by Crippen LogP contribution is -2.34. The van der Waals surface area contributed by atoms with E-state index in [-0.39, 0.29) is 0 Å². The maximum Gasteiger partial charge on any atom is -0.0251 e. The summed E-state index contributed by atoms with van der Waals surface area (Å²) in [5.41, 5.74) is 0.574. The summed E-state index contributed by atoms with van der Waals surface area (Å²) in [4.78, 5) is 0. The van der Waals surface area contributed by atoms with Gasteiger partial charge in [0.05, 0.1) is 0 Å². The minimum absolute atomic E-state index is 0.574. The molecule has 0 aliphatic carbocycles. The minimum atomic E-state index is 0.574. The maximum absolute atomic E-state index is 2.54. The van der Waals surface area contributed by atoms with E-state index in [9.17, 15) is 0 Å². The summed E-state index contributed by atoms with van der Waals surface area (Å²) in [6.07, 6.45) is 12.6. The van der Waals surface area contributed by atoms with Crippen molar-refractivity contribution >= 4 is 0 Å². The van der Waals surface area contributed by atoms with Crippen LogP contribution in [0, 0.1) is 35.0 Å². The lowest BCUT2D eigenvalue weighted by Gasteiger charge is -2.43. The Morgan fingerprint density at radius 2 is 1.12 bits per heavy atom. The first-order valence-electron chi connectivity index (χ1n) is 11.2. The average Bonchev–Trinajstić information content (AvgIpc) is 2.55. The van der Waals surface area contributed by atoms with Crippen LogP contribution >= 0.6 is 0 Å². The Labute approximate surface area is 155 Å². The minimum Gasteiger partial charge on any atom is -0.0651 e. The largest absolute Gasteiger partial charge is 0.0651 e. The molecule has 4 unspecified atom stereocenters. The molecule has 0 aromatic carbocycles. The van der Waals surface area contributed by atoms with E-state index >= 15 is 0 Å². The van der Waals surface area contributed by atoms with E-state index in [0.29, 0.717) is 5.41 Å². The van der Waals surface area contributed by atoms with Gasteiger partial charge >= 0.3 is 0 Å². The molecule has 0 heteroatoms. The number of rotatable bonds is 14. The Hall–Kier alpha value is 0. The molecule has 0 heterocycles. The molecule has 146 valence electrons. The first kappa shape index (κ1) is 24.0. The second kappa shape index (κ2) is 12.4. The molecule has 24 heavy (non-hydrogen) atoms. The van der Waals surface area contributed by atoms with Gasteiger partial charge in [0.25, 0.3) is 0 Å². The van der Waals surface area contributed by atoms with E-state index in [0.717, 1.165) is 29.6 Å². The van der Waals surface area contributed by atoms with Crippen LogP contribution in [0.2, 0.25) is 0 Å². The van der Waals surface area contributed by atoms with E-state index in [2.05, 4.69) is 62.3 Å². The summed E-state index contributed by atoms with van der Waals surface area (Å²) in [5, 5.41) is 0. The van der Waals surface area contributed by atoms with E-state index in [1.165, 1.54) is 57.8 Å². The second-order valence-electron chi connectivity index (χ2n) is 9.34. The summed E-state index contributed by atoms with van der Waals surface area (Å²) in [7, 11) is 0. The molecule has 0 aliphatic rings. The van der Waals surface area contributed by atoms with Gasteiger partial charge in [0.2, 0.25) is 0 Å². The highest BCUT2D eigenvalue weighted by molar-refractivity contribution is 4.86. The predicted molar refractivity (Wildman–Crippen MR) is 113 cm³/mol. The summed E-state index contributed by atoms with van der Waals surface area (Å²) in [6, 6.07) is 0. The van der Waals surface area contributed by atoms with Crippen molar-refractivity contribution in [3.63, 3.8) is 0 Å². The second-order valence-corrected chi connectivity index (χ2v) is 9.34. The SMILES string of the molecule is CCC(C)C(CC)(CC)C(C)CCCC(C)CCCC(C)C(C)C. The number of hydrogen-bond donors (Lipinski definition) is 0. The Balaban J connectivity index is 4.19.